The van der Waals surface area contributed by atoms with Crippen molar-refractivity contribution in [3.05, 3.63) is 34.1 Å². The van der Waals surface area contributed by atoms with Crippen molar-refractivity contribution >= 4 is 34.8 Å². The van der Waals surface area contributed by atoms with Gasteiger partial charge in [0.15, 0.2) is 0 Å². The molecule has 84 valence electrons. The van der Waals surface area contributed by atoms with Gasteiger partial charge in [0.25, 0.3) is 0 Å². The van der Waals surface area contributed by atoms with Gasteiger partial charge in [0.1, 0.15) is 0 Å². The van der Waals surface area contributed by atoms with Gasteiger partial charge in [-0.15, -0.1) is 21.8 Å². The van der Waals surface area contributed by atoms with Crippen molar-refractivity contribution in [1.29, 1.82) is 0 Å². The smallest absolute Gasteiger partial charge is 0.249 e. The summed E-state index contributed by atoms with van der Waals surface area (Å²) in [5.41, 5.74) is 0.666. The Balaban J connectivity index is 2.35. The van der Waals surface area contributed by atoms with Crippen LogP contribution in [0.5, 0.6) is 0 Å². The second-order valence-electron chi connectivity index (χ2n) is 3.06. The lowest BCUT2D eigenvalue weighted by molar-refractivity contribution is 0.514. The molecule has 1 aromatic carbocycles. The van der Waals surface area contributed by atoms with Crippen LogP contribution in [0.3, 0.4) is 0 Å². The van der Waals surface area contributed by atoms with E-state index in [1.54, 1.807) is 18.2 Å². The van der Waals surface area contributed by atoms with Crippen LogP contribution in [0.15, 0.2) is 22.6 Å². The lowest BCUT2D eigenvalue weighted by Gasteiger charge is -1.98. The number of halogens is 3. The maximum absolute atomic E-state index is 6.01. The summed E-state index contributed by atoms with van der Waals surface area (Å²) in [6, 6.07) is 5.08. The number of benzene rings is 1. The van der Waals surface area contributed by atoms with E-state index in [1.165, 1.54) is 0 Å². The largest absolute Gasteiger partial charge is 0.421 e. The van der Waals surface area contributed by atoms with Crippen molar-refractivity contribution in [2.75, 3.05) is 5.88 Å². The number of rotatable bonds is 3. The van der Waals surface area contributed by atoms with Crippen molar-refractivity contribution in [2.45, 2.75) is 6.42 Å². The number of hydrogen-bond acceptors (Lipinski definition) is 3. The summed E-state index contributed by atoms with van der Waals surface area (Å²) >= 11 is 17.4. The van der Waals surface area contributed by atoms with E-state index in [4.69, 9.17) is 39.2 Å². The van der Waals surface area contributed by atoms with Crippen molar-refractivity contribution < 1.29 is 4.42 Å². The molecule has 2 rings (SSSR count). The second kappa shape index (κ2) is 5.04. The predicted octanol–water partition coefficient (Wildman–Crippen LogP) is 3.82. The summed E-state index contributed by atoms with van der Waals surface area (Å²) in [4.78, 5) is 0. The fourth-order valence-electron chi connectivity index (χ4n) is 1.21. The van der Waals surface area contributed by atoms with Crippen molar-refractivity contribution in [1.82, 2.24) is 10.2 Å². The molecular formula is C10H7Cl3N2O. The van der Waals surface area contributed by atoms with E-state index in [0.29, 0.717) is 39.7 Å². The first kappa shape index (κ1) is 11.7. The highest BCUT2D eigenvalue weighted by molar-refractivity contribution is 6.36. The lowest BCUT2D eigenvalue weighted by Crippen LogP contribution is -1.84. The van der Waals surface area contributed by atoms with Crippen molar-refractivity contribution in [2.24, 2.45) is 0 Å². The molecule has 16 heavy (non-hydrogen) atoms. The van der Waals surface area contributed by atoms with E-state index in [-0.39, 0.29) is 0 Å². The third-order valence-electron chi connectivity index (χ3n) is 1.94. The molecule has 1 heterocycles. The number of alkyl halides is 1. The van der Waals surface area contributed by atoms with Gasteiger partial charge in [-0.05, 0) is 18.2 Å². The molecular weight excluding hydrogens is 270 g/mol. The summed E-state index contributed by atoms with van der Waals surface area (Å²) in [5.74, 6) is 1.31. The third-order valence-corrected chi connectivity index (χ3v) is 2.67. The second-order valence-corrected chi connectivity index (χ2v) is 4.29. The van der Waals surface area contributed by atoms with Crippen LogP contribution in [0.4, 0.5) is 0 Å². The average molecular weight is 278 g/mol. The van der Waals surface area contributed by atoms with E-state index >= 15 is 0 Å². The van der Waals surface area contributed by atoms with Crippen LogP contribution in [0.1, 0.15) is 5.89 Å². The Labute approximate surface area is 107 Å². The molecule has 0 radical (unpaired) electrons. The molecule has 0 aliphatic carbocycles. The van der Waals surface area contributed by atoms with Crippen LogP contribution >= 0.6 is 34.8 Å². The topological polar surface area (TPSA) is 38.9 Å². The Morgan fingerprint density at radius 1 is 1.19 bits per heavy atom. The van der Waals surface area contributed by atoms with Gasteiger partial charge >= 0.3 is 0 Å². The van der Waals surface area contributed by atoms with Gasteiger partial charge in [-0.2, -0.15) is 0 Å². The molecule has 0 saturated carbocycles. The van der Waals surface area contributed by atoms with Gasteiger partial charge < -0.3 is 4.42 Å². The summed E-state index contributed by atoms with van der Waals surface area (Å²) in [7, 11) is 0. The molecule has 0 spiro atoms. The van der Waals surface area contributed by atoms with Gasteiger partial charge in [0, 0.05) is 17.3 Å². The van der Waals surface area contributed by atoms with Crippen LogP contribution < -0.4 is 0 Å². The van der Waals surface area contributed by atoms with Gasteiger partial charge in [-0.25, -0.2) is 0 Å². The number of aromatic nitrogens is 2. The highest BCUT2D eigenvalue weighted by Gasteiger charge is 2.11. The quantitative estimate of drug-likeness (QED) is 0.801. The summed E-state index contributed by atoms with van der Waals surface area (Å²) in [5, 5.41) is 8.79. The lowest BCUT2D eigenvalue weighted by atomic mass is 10.2. The highest BCUT2D eigenvalue weighted by Crippen LogP contribution is 2.29. The number of aryl methyl sites for hydroxylation is 1. The van der Waals surface area contributed by atoms with Gasteiger partial charge in [-0.3, -0.25) is 0 Å². The third kappa shape index (κ3) is 2.48. The summed E-state index contributed by atoms with van der Waals surface area (Å²) < 4.78 is 5.40. The maximum Gasteiger partial charge on any atom is 0.249 e. The Morgan fingerprint density at radius 2 is 2.00 bits per heavy atom. The van der Waals surface area contributed by atoms with Crippen molar-refractivity contribution in [3.63, 3.8) is 0 Å². The first-order valence-electron chi connectivity index (χ1n) is 4.54. The van der Waals surface area contributed by atoms with Crippen LogP contribution in [0.2, 0.25) is 10.0 Å². The molecule has 1 aromatic heterocycles. The fourth-order valence-corrected chi connectivity index (χ4v) is 1.86. The van der Waals surface area contributed by atoms with Gasteiger partial charge in [0.2, 0.25) is 11.8 Å². The van der Waals surface area contributed by atoms with E-state index in [1.807, 2.05) is 0 Å². The highest BCUT2D eigenvalue weighted by atomic mass is 35.5. The normalized spacial score (nSPS) is 10.7. The number of hydrogen-bond donors (Lipinski definition) is 0. The SMILES string of the molecule is ClCCc1nnc(-c2ccc(Cl)cc2Cl)o1. The zero-order valence-corrected chi connectivity index (χ0v) is 10.4. The number of nitrogens with zero attached hydrogens (tertiary/aromatic N) is 2. The molecule has 0 aliphatic heterocycles. The molecule has 0 amide bonds. The Morgan fingerprint density at radius 3 is 2.69 bits per heavy atom. The Hall–Kier alpha value is -0.770. The fraction of sp³-hybridized carbons (Fsp3) is 0.200. The first-order chi connectivity index (χ1) is 7.70. The Bertz CT molecular complexity index is 499. The van der Waals surface area contributed by atoms with Crippen LogP contribution in [-0.4, -0.2) is 16.1 Å². The monoisotopic (exact) mass is 276 g/mol. The van der Waals surface area contributed by atoms with E-state index in [0.717, 1.165) is 0 Å². The molecule has 2 aromatic rings. The maximum atomic E-state index is 6.01. The average Bonchev–Trinajstić information content (AvgIpc) is 2.67. The molecule has 0 saturated heterocycles. The molecule has 0 fully saturated rings. The van der Waals surface area contributed by atoms with Crippen LogP contribution in [0.25, 0.3) is 11.5 Å². The molecule has 0 bridgehead atoms. The minimum Gasteiger partial charge on any atom is -0.421 e. The molecule has 3 nitrogen and oxygen atoms in total. The van der Waals surface area contributed by atoms with Gasteiger partial charge in [0.05, 0.1) is 10.6 Å². The first-order valence-corrected chi connectivity index (χ1v) is 5.83. The van der Waals surface area contributed by atoms with E-state index in [9.17, 15) is 0 Å². The molecule has 0 atom stereocenters. The standard InChI is InChI=1S/C10H7Cl3N2O/c11-4-3-9-14-15-10(16-9)7-2-1-6(12)5-8(7)13/h1-2,5H,3-4H2. The molecule has 0 N–H and O–H groups in total. The zero-order chi connectivity index (χ0) is 11.5. The molecule has 0 aliphatic rings. The van der Waals surface area contributed by atoms with Crippen LogP contribution in [-0.2, 0) is 6.42 Å². The molecule has 6 heteroatoms. The minimum atomic E-state index is 0.377. The Kier molecular flexibility index (Phi) is 3.69. The minimum absolute atomic E-state index is 0.377. The van der Waals surface area contributed by atoms with Crippen molar-refractivity contribution in [3.8, 4) is 11.5 Å². The van der Waals surface area contributed by atoms with E-state index < -0.39 is 0 Å². The van der Waals surface area contributed by atoms with Crippen LogP contribution in [0, 0.1) is 0 Å². The zero-order valence-electron chi connectivity index (χ0n) is 8.08. The van der Waals surface area contributed by atoms with E-state index in [2.05, 4.69) is 10.2 Å². The molecule has 0 unspecified atom stereocenters. The van der Waals surface area contributed by atoms with Gasteiger partial charge in [-0.1, -0.05) is 23.2 Å². The summed E-state index contributed by atoms with van der Waals surface area (Å²) in [6.45, 7) is 0. The predicted molar refractivity (Wildman–Crippen MR) is 64.2 cm³/mol. The summed E-state index contributed by atoms with van der Waals surface area (Å²) in [6.07, 6.45) is 0.541.